The summed E-state index contributed by atoms with van der Waals surface area (Å²) in [7, 11) is 1.55. The molecule has 24 heavy (non-hydrogen) atoms. The lowest BCUT2D eigenvalue weighted by Crippen LogP contribution is -2.28. The molecule has 0 radical (unpaired) electrons. The molecule has 2 aromatic carbocycles. The van der Waals surface area contributed by atoms with E-state index in [2.05, 4.69) is 11.8 Å². The van der Waals surface area contributed by atoms with E-state index in [1.165, 1.54) is 6.07 Å². The SMILES string of the molecule is COc1cc(CC[C@@H](C)N2Cc3cccc(F)c3C2)ccc1O.Cl. The van der Waals surface area contributed by atoms with Gasteiger partial charge in [-0.1, -0.05) is 18.2 Å². The molecule has 1 aliphatic rings. The third-order valence-corrected chi connectivity index (χ3v) is 4.67. The highest BCUT2D eigenvalue weighted by atomic mass is 35.5. The van der Waals surface area contributed by atoms with E-state index >= 15 is 0 Å². The van der Waals surface area contributed by atoms with Crippen LogP contribution in [0.2, 0.25) is 0 Å². The van der Waals surface area contributed by atoms with Crippen LogP contribution < -0.4 is 4.74 Å². The molecule has 0 fully saturated rings. The average Bonchev–Trinajstić information content (AvgIpc) is 2.99. The molecule has 0 spiro atoms. The predicted molar refractivity (Wildman–Crippen MR) is 95.3 cm³/mol. The molecule has 3 rings (SSSR count). The lowest BCUT2D eigenvalue weighted by Gasteiger charge is -2.23. The number of halogens is 2. The molecule has 1 atom stereocenters. The first-order valence-corrected chi connectivity index (χ1v) is 7.94. The predicted octanol–water partition coefficient (Wildman–Crippen LogP) is 4.30. The van der Waals surface area contributed by atoms with Gasteiger partial charge in [0, 0.05) is 24.7 Å². The number of phenols is 1. The van der Waals surface area contributed by atoms with E-state index in [0.717, 1.165) is 36.1 Å². The van der Waals surface area contributed by atoms with Gasteiger partial charge in [0.05, 0.1) is 7.11 Å². The molecule has 0 aliphatic carbocycles. The fourth-order valence-electron chi connectivity index (χ4n) is 3.15. The number of ether oxygens (including phenoxy) is 1. The van der Waals surface area contributed by atoms with E-state index in [1.807, 2.05) is 18.2 Å². The summed E-state index contributed by atoms with van der Waals surface area (Å²) in [6.07, 6.45) is 1.87. The van der Waals surface area contributed by atoms with E-state index < -0.39 is 0 Å². The van der Waals surface area contributed by atoms with Crippen molar-refractivity contribution < 1.29 is 14.2 Å². The molecule has 0 bridgehead atoms. The van der Waals surface area contributed by atoms with Crippen molar-refractivity contribution in [3.8, 4) is 11.5 Å². The van der Waals surface area contributed by atoms with Gasteiger partial charge in [0.2, 0.25) is 0 Å². The van der Waals surface area contributed by atoms with Gasteiger partial charge >= 0.3 is 0 Å². The normalized spacial score (nSPS) is 14.8. The molecule has 0 saturated carbocycles. The number of hydrogen-bond acceptors (Lipinski definition) is 3. The summed E-state index contributed by atoms with van der Waals surface area (Å²) in [5.74, 6) is 0.570. The first-order valence-electron chi connectivity index (χ1n) is 7.94. The number of hydrogen-bond donors (Lipinski definition) is 1. The monoisotopic (exact) mass is 351 g/mol. The molecular weight excluding hydrogens is 329 g/mol. The van der Waals surface area contributed by atoms with E-state index in [1.54, 1.807) is 19.2 Å². The zero-order valence-corrected chi connectivity index (χ0v) is 14.8. The van der Waals surface area contributed by atoms with Crippen molar-refractivity contribution in [2.75, 3.05) is 7.11 Å². The second-order valence-electron chi connectivity index (χ2n) is 6.18. The average molecular weight is 352 g/mol. The number of aromatic hydroxyl groups is 1. The van der Waals surface area contributed by atoms with E-state index in [0.29, 0.717) is 18.3 Å². The van der Waals surface area contributed by atoms with Gasteiger partial charge in [-0.25, -0.2) is 4.39 Å². The molecular formula is C19H23ClFNO2. The summed E-state index contributed by atoms with van der Waals surface area (Å²) in [5, 5.41) is 9.64. The Labute approximate surface area is 148 Å². The number of rotatable bonds is 5. The van der Waals surface area contributed by atoms with Crippen LogP contribution in [0.15, 0.2) is 36.4 Å². The van der Waals surface area contributed by atoms with Crippen LogP contribution in [0.5, 0.6) is 11.5 Å². The minimum absolute atomic E-state index is 0. The highest BCUT2D eigenvalue weighted by Crippen LogP contribution is 2.29. The Morgan fingerprint density at radius 1 is 1.25 bits per heavy atom. The van der Waals surface area contributed by atoms with Gasteiger partial charge in [-0.2, -0.15) is 0 Å². The van der Waals surface area contributed by atoms with Crippen molar-refractivity contribution in [1.29, 1.82) is 0 Å². The summed E-state index contributed by atoms with van der Waals surface area (Å²) >= 11 is 0. The van der Waals surface area contributed by atoms with Crippen molar-refractivity contribution in [2.24, 2.45) is 0 Å². The van der Waals surface area contributed by atoms with Crippen LogP contribution in [0.4, 0.5) is 4.39 Å². The van der Waals surface area contributed by atoms with Crippen molar-refractivity contribution in [1.82, 2.24) is 4.90 Å². The molecule has 130 valence electrons. The summed E-state index contributed by atoms with van der Waals surface area (Å²) in [5.41, 5.74) is 3.07. The Bertz CT molecular complexity index is 708. The smallest absolute Gasteiger partial charge is 0.160 e. The Morgan fingerprint density at radius 2 is 2.04 bits per heavy atom. The largest absolute Gasteiger partial charge is 0.504 e. The number of nitrogens with zero attached hydrogens (tertiary/aromatic N) is 1. The molecule has 3 nitrogen and oxygen atoms in total. The third kappa shape index (κ3) is 3.82. The lowest BCUT2D eigenvalue weighted by molar-refractivity contribution is 0.202. The molecule has 1 aliphatic heterocycles. The van der Waals surface area contributed by atoms with Crippen LogP contribution >= 0.6 is 12.4 Å². The van der Waals surface area contributed by atoms with Gasteiger partial charge < -0.3 is 9.84 Å². The minimum atomic E-state index is -0.0968. The van der Waals surface area contributed by atoms with Crippen LogP contribution in [0, 0.1) is 5.82 Å². The number of benzene rings is 2. The topological polar surface area (TPSA) is 32.7 Å². The number of aryl methyl sites for hydroxylation is 1. The molecule has 1 N–H and O–H groups in total. The van der Waals surface area contributed by atoms with Crippen molar-refractivity contribution in [3.63, 3.8) is 0 Å². The van der Waals surface area contributed by atoms with Crippen molar-refractivity contribution in [2.45, 2.75) is 38.9 Å². The van der Waals surface area contributed by atoms with Gasteiger partial charge in [0.1, 0.15) is 5.82 Å². The zero-order chi connectivity index (χ0) is 16.4. The number of methoxy groups -OCH3 is 1. The molecule has 0 amide bonds. The van der Waals surface area contributed by atoms with E-state index in [4.69, 9.17) is 4.74 Å². The van der Waals surface area contributed by atoms with Crippen LogP contribution in [0.3, 0.4) is 0 Å². The fourth-order valence-corrected chi connectivity index (χ4v) is 3.15. The number of fused-ring (bicyclic) bond motifs is 1. The van der Waals surface area contributed by atoms with Crippen molar-refractivity contribution >= 4 is 12.4 Å². The Hall–Kier alpha value is -1.78. The van der Waals surface area contributed by atoms with E-state index in [-0.39, 0.29) is 24.0 Å². The maximum absolute atomic E-state index is 13.8. The highest BCUT2D eigenvalue weighted by Gasteiger charge is 2.25. The third-order valence-electron chi connectivity index (χ3n) is 4.67. The van der Waals surface area contributed by atoms with Gasteiger partial charge in [-0.3, -0.25) is 4.90 Å². The highest BCUT2D eigenvalue weighted by molar-refractivity contribution is 5.85. The Balaban J connectivity index is 0.00000208. The Morgan fingerprint density at radius 3 is 2.75 bits per heavy atom. The first kappa shape index (κ1) is 18.6. The van der Waals surface area contributed by atoms with Gasteiger partial charge in [0.25, 0.3) is 0 Å². The molecule has 1 heterocycles. The second-order valence-corrected chi connectivity index (χ2v) is 6.18. The summed E-state index contributed by atoms with van der Waals surface area (Å²) in [4.78, 5) is 2.31. The van der Waals surface area contributed by atoms with Gasteiger partial charge in [-0.05, 0) is 49.1 Å². The van der Waals surface area contributed by atoms with Gasteiger partial charge in [0.15, 0.2) is 11.5 Å². The summed E-state index contributed by atoms with van der Waals surface area (Å²) < 4.78 is 19.0. The van der Waals surface area contributed by atoms with Gasteiger partial charge in [-0.15, -0.1) is 12.4 Å². The molecule has 0 aromatic heterocycles. The maximum Gasteiger partial charge on any atom is 0.160 e. The van der Waals surface area contributed by atoms with Crippen LogP contribution in [-0.4, -0.2) is 23.2 Å². The second kappa shape index (κ2) is 7.86. The molecule has 2 aromatic rings. The standard InChI is InChI=1S/C19H22FNO2.ClH/c1-13(6-7-14-8-9-18(22)19(10-14)23-2)21-11-15-4-3-5-17(20)16(15)12-21;/h3-5,8-10,13,22H,6-7,11-12H2,1-2H3;1H/t13-;/m1./s1. The lowest BCUT2D eigenvalue weighted by atomic mass is 10.0. The van der Waals surface area contributed by atoms with Crippen LogP contribution in [0.1, 0.15) is 30.0 Å². The van der Waals surface area contributed by atoms with E-state index in [9.17, 15) is 9.50 Å². The minimum Gasteiger partial charge on any atom is -0.504 e. The Kier molecular flexibility index (Phi) is 6.08. The maximum atomic E-state index is 13.8. The summed E-state index contributed by atoms with van der Waals surface area (Å²) in [6, 6.07) is 11.2. The molecule has 5 heteroatoms. The summed E-state index contributed by atoms with van der Waals surface area (Å²) in [6.45, 7) is 3.68. The van der Waals surface area contributed by atoms with Crippen LogP contribution in [-0.2, 0) is 19.5 Å². The quantitative estimate of drug-likeness (QED) is 0.871. The number of phenolic OH excluding ortho intramolecular Hbond substituents is 1. The van der Waals surface area contributed by atoms with Crippen LogP contribution in [0.25, 0.3) is 0 Å². The van der Waals surface area contributed by atoms with Crippen molar-refractivity contribution in [3.05, 3.63) is 58.9 Å². The fraction of sp³-hybridized carbons (Fsp3) is 0.368. The zero-order valence-electron chi connectivity index (χ0n) is 14.0. The molecule has 0 saturated heterocycles. The first-order chi connectivity index (χ1) is 11.1. The molecule has 0 unspecified atom stereocenters.